The maximum atomic E-state index is 13.1. The molecule has 0 aliphatic heterocycles. The first kappa shape index (κ1) is 19.2. The minimum absolute atomic E-state index is 0.0385. The van der Waals surface area contributed by atoms with Crippen molar-refractivity contribution in [3.05, 3.63) is 17.8 Å². The summed E-state index contributed by atoms with van der Waals surface area (Å²) in [6, 6.07) is 2.14. The molecule has 2 aromatic heterocycles. The van der Waals surface area contributed by atoms with Crippen LogP contribution in [0.15, 0.2) is 12.1 Å². The molecule has 28 heavy (non-hydrogen) atoms. The fraction of sp³-hybridized carbons (Fsp3) is 0.632. The maximum Gasteiger partial charge on any atom is 0.433 e. The van der Waals surface area contributed by atoms with Crippen LogP contribution in [-0.4, -0.2) is 31.1 Å². The van der Waals surface area contributed by atoms with Crippen molar-refractivity contribution in [3.8, 4) is 0 Å². The zero-order valence-electron chi connectivity index (χ0n) is 15.6. The number of fused-ring (bicyclic) bond motifs is 1. The highest BCUT2D eigenvalue weighted by Crippen LogP contribution is 2.39. The van der Waals surface area contributed by atoms with Gasteiger partial charge in [-0.15, -0.1) is 0 Å². The summed E-state index contributed by atoms with van der Waals surface area (Å²) in [7, 11) is 0. The van der Waals surface area contributed by atoms with Gasteiger partial charge in [0.1, 0.15) is 11.2 Å². The number of imidazole rings is 1. The summed E-state index contributed by atoms with van der Waals surface area (Å²) in [4.78, 5) is 20.6. The van der Waals surface area contributed by atoms with E-state index in [1.54, 1.807) is 11.5 Å². The van der Waals surface area contributed by atoms with Crippen molar-refractivity contribution in [1.29, 1.82) is 0 Å². The van der Waals surface area contributed by atoms with Crippen LogP contribution in [0, 0.1) is 5.92 Å². The second kappa shape index (κ2) is 6.72. The molecule has 2 saturated carbocycles. The van der Waals surface area contributed by atoms with Crippen LogP contribution in [-0.2, 0) is 11.0 Å². The monoisotopic (exact) mass is 396 g/mol. The van der Waals surface area contributed by atoms with Crippen molar-refractivity contribution in [1.82, 2.24) is 14.5 Å². The molecular weight excluding hydrogens is 373 g/mol. The predicted octanol–water partition coefficient (Wildman–Crippen LogP) is 4.05. The Hall–Kier alpha value is -2.16. The van der Waals surface area contributed by atoms with Gasteiger partial charge in [-0.1, -0.05) is 6.42 Å². The number of pyridine rings is 1. The minimum atomic E-state index is -4.55. The van der Waals surface area contributed by atoms with Gasteiger partial charge in [-0.3, -0.25) is 14.7 Å². The molecule has 0 aromatic carbocycles. The smallest absolute Gasteiger partial charge is 0.389 e. The van der Waals surface area contributed by atoms with Crippen LogP contribution in [0.1, 0.15) is 63.6 Å². The summed E-state index contributed by atoms with van der Waals surface area (Å²) < 4.78 is 40.8. The Kier molecular flexibility index (Phi) is 4.60. The van der Waals surface area contributed by atoms with Crippen LogP contribution in [0.3, 0.4) is 0 Å². The third-order valence-electron chi connectivity index (χ3n) is 6.02. The molecule has 2 heterocycles. The highest BCUT2D eigenvalue weighted by molar-refractivity contribution is 5.91. The van der Waals surface area contributed by atoms with Crippen molar-refractivity contribution in [3.63, 3.8) is 0 Å². The number of aliphatic hydroxyl groups is 1. The Morgan fingerprint density at radius 1 is 1.21 bits per heavy atom. The minimum Gasteiger partial charge on any atom is -0.389 e. The SMILES string of the molecule is CC(O)(CC(=O)Nc1nc2ccc(C(F)(F)F)nc2n1C1CCC1)C1CCC1. The molecule has 2 aliphatic rings. The van der Waals surface area contributed by atoms with E-state index in [9.17, 15) is 23.1 Å². The number of hydrogen-bond acceptors (Lipinski definition) is 4. The van der Waals surface area contributed by atoms with Crippen LogP contribution in [0.5, 0.6) is 0 Å². The summed E-state index contributed by atoms with van der Waals surface area (Å²) >= 11 is 0. The summed E-state index contributed by atoms with van der Waals surface area (Å²) in [5, 5.41) is 13.3. The number of rotatable bonds is 5. The van der Waals surface area contributed by atoms with Gasteiger partial charge in [0.2, 0.25) is 11.9 Å². The average Bonchev–Trinajstić information content (AvgIpc) is 2.79. The summed E-state index contributed by atoms with van der Waals surface area (Å²) in [6.45, 7) is 1.66. The molecule has 2 N–H and O–H groups in total. The molecular formula is C19H23F3N4O2. The van der Waals surface area contributed by atoms with Crippen molar-refractivity contribution in [2.45, 2.75) is 69.7 Å². The number of anilines is 1. The van der Waals surface area contributed by atoms with Gasteiger partial charge in [0.25, 0.3) is 0 Å². The molecule has 152 valence electrons. The van der Waals surface area contributed by atoms with E-state index in [1.165, 1.54) is 6.07 Å². The number of alkyl halides is 3. The molecule has 0 saturated heterocycles. The number of amides is 1. The summed E-state index contributed by atoms with van der Waals surface area (Å²) in [5.74, 6) is -0.107. The number of carbonyl (C=O) groups excluding carboxylic acids is 1. The Morgan fingerprint density at radius 2 is 1.89 bits per heavy atom. The zero-order chi connectivity index (χ0) is 20.1. The van der Waals surface area contributed by atoms with E-state index in [4.69, 9.17) is 0 Å². The summed E-state index contributed by atoms with van der Waals surface area (Å²) in [5.41, 5.74) is -1.65. The first-order chi connectivity index (χ1) is 13.1. The van der Waals surface area contributed by atoms with Gasteiger partial charge < -0.3 is 5.11 Å². The Balaban J connectivity index is 1.63. The molecule has 1 unspecified atom stereocenters. The van der Waals surface area contributed by atoms with Gasteiger partial charge in [-0.2, -0.15) is 13.2 Å². The van der Waals surface area contributed by atoms with Crippen LogP contribution >= 0.6 is 0 Å². The average molecular weight is 396 g/mol. The van der Waals surface area contributed by atoms with E-state index in [2.05, 4.69) is 15.3 Å². The first-order valence-corrected chi connectivity index (χ1v) is 9.63. The van der Waals surface area contributed by atoms with Gasteiger partial charge in [-0.25, -0.2) is 9.97 Å². The molecule has 1 atom stereocenters. The Labute approximate surface area is 160 Å². The van der Waals surface area contributed by atoms with Crippen molar-refractivity contribution in [2.75, 3.05) is 5.32 Å². The normalized spacial score (nSPS) is 20.5. The molecule has 4 rings (SSSR count). The second-order valence-corrected chi connectivity index (χ2v) is 8.14. The highest BCUT2D eigenvalue weighted by atomic mass is 19.4. The first-order valence-electron chi connectivity index (χ1n) is 9.63. The molecule has 2 aliphatic carbocycles. The number of halogens is 3. The number of nitrogens with one attached hydrogen (secondary N) is 1. The number of nitrogens with zero attached hydrogens (tertiary/aromatic N) is 3. The molecule has 0 spiro atoms. The standard InChI is InChI=1S/C19H23F3N4O2/c1-18(28,11-4-2-5-11)10-15(27)25-17-23-13-8-9-14(19(20,21)22)24-16(13)26(17)12-6-3-7-12/h8-9,11-12,28H,2-7,10H2,1H3,(H,23,25,27). The Bertz CT molecular complexity index is 898. The molecule has 2 aromatic rings. The highest BCUT2D eigenvalue weighted by Gasteiger charge is 2.38. The van der Waals surface area contributed by atoms with Crippen molar-refractivity contribution >= 4 is 23.0 Å². The van der Waals surface area contributed by atoms with Gasteiger partial charge in [0.05, 0.1) is 12.0 Å². The van der Waals surface area contributed by atoms with Crippen LogP contribution in [0.2, 0.25) is 0 Å². The van der Waals surface area contributed by atoms with Crippen LogP contribution in [0.4, 0.5) is 19.1 Å². The fourth-order valence-electron chi connectivity index (χ4n) is 3.88. The Morgan fingerprint density at radius 3 is 2.43 bits per heavy atom. The topological polar surface area (TPSA) is 80.0 Å². The molecule has 0 radical (unpaired) electrons. The molecule has 1 amide bonds. The third kappa shape index (κ3) is 3.47. The lowest BCUT2D eigenvalue weighted by atomic mass is 9.72. The van der Waals surface area contributed by atoms with E-state index in [-0.39, 0.29) is 30.0 Å². The quantitative estimate of drug-likeness (QED) is 0.799. The molecule has 2 fully saturated rings. The van der Waals surface area contributed by atoms with Crippen molar-refractivity contribution < 1.29 is 23.1 Å². The van der Waals surface area contributed by atoms with E-state index in [0.29, 0.717) is 5.52 Å². The van der Waals surface area contributed by atoms with Gasteiger partial charge in [-0.05, 0) is 57.1 Å². The second-order valence-electron chi connectivity index (χ2n) is 8.14. The fourth-order valence-corrected chi connectivity index (χ4v) is 3.88. The number of carbonyl (C=O) groups is 1. The zero-order valence-corrected chi connectivity index (χ0v) is 15.6. The van der Waals surface area contributed by atoms with Crippen molar-refractivity contribution in [2.24, 2.45) is 5.92 Å². The van der Waals surface area contributed by atoms with Gasteiger partial charge >= 0.3 is 6.18 Å². The lowest BCUT2D eigenvalue weighted by Gasteiger charge is -2.38. The molecule has 0 bridgehead atoms. The number of hydrogen-bond donors (Lipinski definition) is 2. The van der Waals surface area contributed by atoms with Crippen LogP contribution < -0.4 is 5.32 Å². The van der Waals surface area contributed by atoms with E-state index in [1.807, 2.05) is 0 Å². The van der Waals surface area contributed by atoms with Gasteiger partial charge in [0.15, 0.2) is 5.65 Å². The lowest BCUT2D eigenvalue weighted by Crippen LogP contribution is -2.42. The molecule has 9 heteroatoms. The van der Waals surface area contributed by atoms with Gasteiger partial charge in [0, 0.05) is 6.04 Å². The molecule has 6 nitrogen and oxygen atoms in total. The largest absolute Gasteiger partial charge is 0.433 e. The van der Waals surface area contributed by atoms with E-state index in [0.717, 1.165) is 44.6 Å². The predicted molar refractivity (Wildman–Crippen MR) is 96.6 cm³/mol. The van der Waals surface area contributed by atoms with E-state index < -0.39 is 23.4 Å². The number of aromatic nitrogens is 3. The lowest BCUT2D eigenvalue weighted by molar-refractivity contribution is -0.141. The maximum absolute atomic E-state index is 13.1. The summed E-state index contributed by atoms with van der Waals surface area (Å²) in [6.07, 6.45) is 0.773. The third-order valence-corrected chi connectivity index (χ3v) is 6.02. The van der Waals surface area contributed by atoms with Crippen LogP contribution in [0.25, 0.3) is 11.2 Å². The van der Waals surface area contributed by atoms with E-state index >= 15 is 0 Å².